The van der Waals surface area contributed by atoms with Gasteiger partial charge in [0.1, 0.15) is 11.9 Å². The lowest BCUT2D eigenvalue weighted by atomic mass is 10.1. The summed E-state index contributed by atoms with van der Waals surface area (Å²) < 4.78 is 5.80. The molecule has 2 unspecified atom stereocenters. The second kappa shape index (κ2) is 7.57. The van der Waals surface area contributed by atoms with Gasteiger partial charge in [0, 0.05) is 12.5 Å². The molecule has 0 bridgehead atoms. The second-order valence-electron chi connectivity index (χ2n) is 4.73. The van der Waals surface area contributed by atoms with Crippen molar-refractivity contribution in [3.63, 3.8) is 0 Å². The average molecular weight is 375 g/mol. The van der Waals surface area contributed by atoms with E-state index >= 15 is 0 Å². The van der Waals surface area contributed by atoms with Crippen molar-refractivity contribution in [3.8, 4) is 5.75 Å². The second-order valence-corrected chi connectivity index (χ2v) is 4.73. The summed E-state index contributed by atoms with van der Waals surface area (Å²) in [5, 5.41) is 3.15. The van der Waals surface area contributed by atoms with E-state index in [2.05, 4.69) is 30.2 Å². The van der Waals surface area contributed by atoms with Crippen LogP contribution >= 0.6 is 24.0 Å². The van der Waals surface area contributed by atoms with Gasteiger partial charge in [0.15, 0.2) is 5.96 Å². The fourth-order valence-corrected chi connectivity index (χ4v) is 1.96. The van der Waals surface area contributed by atoms with Crippen LogP contribution in [0, 0.1) is 0 Å². The van der Waals surface area contributed by atoms with Crippen LogP contribution in [0.5, 0.6) is 5.75 Å². The molecule has 0 aliphatic carbocycles. The van der Waals surface area contributed by atoms with Gasteiger partial charge in [0.2, 0.25) is 0 Å². The quantitative estimate of drug-likeness (QED) is 0.483. The minimum atomic E-state index is 0. The molecule has 1 aliphatic rings. The number of benzene rings is 1. The molecule has 1 aliphatic heterocycles. The Hall–Kier alpha value is -0.980. The summed E-state index contributed by atoms with van der Waals surface area (Å²) in [6.45, 7) is 4.80. The number of halogens is 1. The first-order chi connectivity index (χ1) is 8.69. The predicted molar refractivity (Wildman–Crippen MR) is 89.4 cm³/mol. The molecule has 3 N–H and O–H groups in total. The van der Waals surface area contributed by atoms with Crippen LogP contribution < -0.4 is 15.8 Å². The van der Waals surface area contributed by atoms with E-state index in [9.17, 15) is 0 Å². The molecular formula is C14H22IN3O. The first-order valence-corrected chi connectivity index (χ1v) is 6.50. The molecule has 0 amide bonds. The smallest absolute Gasteiger partial charge is 0.188 e. The zero-order valence-corrected chi connectivity index (χ0v) is 13.8. The van der Waals surface area contributed by atoms with Crippen molar-refractivity contribution in [2.45, 2.75) is 38.8 Å². The summed E-state index contributed by atoms with van der Waals surface area (Å²) in [6.07, 6.45) is 2.05. The molecule has 2 atom stereocenters. The molecule has 1 aromatic carbocycles. The molecule has 0 saturated carbocycles. The average Bonchev–Trinajstić information content (AvgIpc) is 2.79. The SMILES string of the molecule is CCC(C)NC(N)=NCC1Cc2ccccc2O1.I. The maximum absolute atomic E-state index is 5.82. The van der Waals surface area contributed by atoms with Gasteiger partial charge in [0.25, 0.3) is 0 Å². The summed E-state index contributed by atoms with van der Waals surface area (Å²) in [4.78, 5) is 4.34. The highest BCUT2D eigenvalue weighted by Crippen LogP contribution is 2.27. The highest BCUT2D eigenvalue weighted by molar-refractivity contribution is 14.0. The number of ether oxygens (including phenoxy) is 1. The standard InChI is InChI=1S/C14H21N3O.HI/c1-3-10(2)17-14(15)16-9-12-8-11-6-4-5-7-13(11)18-12;/h4-7,10,12H,3,8-9H2,1-2H3,(H3,15,16,17);1H. The predicted octanol–water partition coefficient (Wildman–Crippen LogP) is 2.31. The summed E-state index contributed by atoms with van der Waals surface area (Å²) in [7, 11) is 0. The Balaban J connectivity index is 0.00000180. The summed E-state index contributed by atoms with van der Waals surface area (Å²) in [5.41, 5.74) is 7.07. The van der Waals surface area contributed by atoms with E-state index in [0.29, 0.717) is 18.5 Å². The van der Waals surface area contributed by atoms with Crippen LogP contribution in [0.3, 0.4) is 0 Å². The Morgan fingerprint density at radius 1 is 1.53 bits per heavy atom. The Morgan fingerprint density at radius 3 is 2.95 bits per heavy atom. The Kier molecular flexibility index (Phi) is 6.41. The number of nitrogens with zero attached hydrogens (tertiary/aromatic N) is 1. The Labute approximate surface area is 131 Å². The van der Waals surface area contributed by atoms with Crippen LogP contribution in [-0.4, -0.2) is 24.7 Å². The number of nitrogens with one attached hydrogen (secondary N) is 1. The molecule has 106 valence electrons. The minimum Gasteiger partial charge on any atom is -0.488 e. The van der Waals surface area contributed by atoms with E-state index in [1.807, 2.05) is 18.2 Å². The molecule has 0 spiro atoms. The van der Waals surface area contributed by atoms with Gasteiger partial charge in [-0.1, -0.05) is 25.1 Å². The number of hydrogen-bond acceptors (Lipinski definition) is 2. The number of rotatable bonds is 4. The summed E-state index contributed by atoms with van der Waals surface area (Å²) in [5.74, 6) is 1.48. The number of fused-ring (bicyclic) bond motifs is 1. The van der Waals surface area contributed by atoms with Crippen LogP contribution in [0.25, 0.3) is 0 Å². The lowest BCUT2D eigenvalue weighted by Crippen LogP contribution is -2.38. The van der Waals surface area contributed by atoms with Crippen molar-refractivity contribution in [2.24, 2.45) is 10.7 Å². The molecule has 4 nitrogen and oxygen atoms in total. The van der Waals surface area contributed by atoms with E-state index in [1.165, 1.54) is 5.56 Å². The Morgan fingerprint density at radius 2 is 2.26 bits per heavy atom. The van der Waals surface area contributed by atoms with Crippen LogP contribution in [0.15, 0.2) is 29.3 Å². The van der Waals surface area contributed by atoms with Crippen molar-refractivity contribution in [3.05, 3.63) is 29.8 Å². The molecule has 5 heteroatoms. The van der Waals surface area contributed by atoms with E-state index in [1.54, 1.807) is 0 Å². The first kappa shape index (κ1) is 16.1. The van der Waals surface area contributed by atoms with E-state index in [-0.39, 0.29) is 30.1 Å². The lowest BCUT2D eigenvalue weighted by molar-refractivity contribution is 0.241. The molecule has 1 heterocycles. The van der Waals surface area contributed by atoms with Gasteiger partial charge in [-0.15, -0.1) is 24.0 Å². The molecule has 0 fully saturated rings. The first-order valence-electron chi connectivity index (χ1n) is 6.50. The minimum absolute atomic E-state index is 0. The summed E-state index contributed by atoms with van der Waals surface area (Å²) >= 11 is 0. The van der Waals surface area contributed by atoms with Gasteiger partial charge in [-0.25, -0.2) is 4.99 Å². The van der Waals surface area contributed by atoms with Crippen molar-refractivity contribution >= 4 is 29.9 Å². The molecule has 19 heavy (non-hydrogen) atoms. The molecule has 0 radical (unpaired) electrons. The van der Waals surface area contributed by atoms with Crippen molar-refractivity contribution in [2.75, 3.05) is 6.54 Å². The monoisotopic (exact) mass is 375 g/mol. The highest BCUT2D eigenvalue weighted by Gasteiger charge is 2.21. The third kappa shape index (κ3) is 4.56. The molecule has 0 saturated heterocycles. The fraction of sp³-hybridized carbons (Fsp3) is 0.500. The van der Waals surface area contributed by atoms with Crippen molar-refractivity contribution in [1.82, 2.24) is 5.32 Å². The maximum Gasteiger partial charge on any atom is 0.188 e. The number of aliphatic imine (C=N–C) groups is 1. The van der Waals surface area contributed by atoms with E-state index < -0.39 is 0 Å². The van der Waals surface area contributed by atoms with Gasteiger partial charge < -0.3 is 15.8 Å². The van der Waals surface area contributed by atoms with Gasteiger partial charge in [-0.05, 0) is 25.0 Å². The maximum atomic E-state index is 5.82. The highest BCUT2D eigenvalue weighted by atomic mass is 127. The van der Waals surface area contributed by atoms with Crippen molar-refractivity contribution < 1.29 is 4.74 Å². The van der Waals surface area contributed by atoms with Crippen LogP contribution in [0.1, 0.15) is 25.8 Å². The van der Waals surface area contributed by atoms with Gasteiger partial charge >= 0.3 is 0 Å². The fourth-order valence-electron chi connectivity index (χ4n) is 1.96. The molecule has 1 aromatic rings. The van der Waals surface area contributed by atoms with E-state index in [0.717, 1.165) is 18.6 Å². The molecule has 2 rings (SSSR count). The Bertz CT molecular complexity index is 411. The normalized spacial score (nSPS) is 19.1. The van der Waals surface area contributed by atoms with Crippen LogP contribution in [0.2, 0.25) is 0 Å². The molecule has 0 aromatic heterocycles. The number of nitrogens with two attached hydrogens (primary N) is 1. The number of guanidine groups is 1. The lowest BCUT2D eigenvalue weighted by Gasteiger charge is -2.13. The van der Waals surface area contributed by atoms with Gasteiger partial charge in [0.05, 0.1) is 6.54 Å². The van der Waals surface area contributed by atoms with Crippen LogP contribution in [-0.2, 0) is 6.42 Å². The van der Waals surface area contributed by atoms with Gasteiger partial charge in [-0.3, -0.25) is 0 Å². The van der Waals surface area contributed by atoms with Crippen molar-refractivity contribution in [1.29, 1.82) is 0 Å². The number of para-hydroxylation sites is 1. The topological polar surface area (TPSA) is 59.6 Å². The van der Waals surface area contributed by atoms with Gasteiger partial charge in [-0.2, -0.15) is 0 Å². The molecular weight excluding hydrogens is 353 g/mol. The zero-order valence-electron chi connectivity index (χ0n) is 11.4. The summed E-state index contributed by atoms with van der Waals surface area (Å²) in [6, 6.07) is 8.48. The van der Waals surface area contributed by atoms with E-state index in [4.69, 9.17) is 10.5 Å². The number of hydrogen-bond donors (Lipinski definition) is 2. The zero-order chi connectivity index (χ0) is 13.0. The third-order valence-electron chi connectivity index (χ3n) is 3.19. The van der Waals surface area contributed by atoms with Crippen LogP contribution in [0.4, 0.5) is 0 Å². The third-order valence-corrected chi connectivity index (χ3v) is 3.19. The largest absolute Gasteiger partial charge is 0.488 e.